The van der Waals surface area contributed by atoms with Crippen LogP contribution < -0.4 is 5.32 Å². The molecule has 1 amide bonds. The maximum atomic E-state index is 13.7. The minimum atomic E-state index is -4.47. The van der Waals surface area contributed by atoms with Crippen LogP contribution >= 0.6 is 0 Å². The normalized spacial score (nSPS) is 43.1. The Morgan fingerprint density at radius 3 is 2.24 bits per heavy atom. The molecule has 0 aromatic carbocycles. The van der Waals surface area contributed by atoms with Crippen molar-refractivity contribution < 1.29 is 28.2 Å². The molecule has 4 aliphatic carbocycles. The smallest absolute Gasteiger partial charge is 0.405 e. The van der Waals surface area contributed by atoms with Gasteiger partial charge in [0.25, 0.3) is 0 Å². The number of nitrogens with one attached hydrogen (secondary N) is 1. The molecule has 5 nitrogen and oxygen atoms in total. The first-order chi connectivity index (χ1) is 19.1. The molecule has 3 saturated carbocycles. The van der Waals surface area contributed by atoms with Crippen molar-refractivity contribution in [3.63, 3.8) is 0 Å². The molecular formula is C34H53F3N2O3. The van der Waals surface area contributed by atoms with Crippen LogP contribution in [0.1, 0.15) is 120 Å². The molecule has 0 spiro atoms. The molecule has 0 aliphatic heterocycles. The van der Waals surface area contributed by atoms with Gasteiger partial charge in [0.2, 0.25) is 5.91 Å². The van der Waals surface area contributed by atoms with Gasteiger partial charge in [-0.15, -0.1) is 0 Å². The second kappa shape index (κ2) is 10.4. The summed E-state index contributed by atoms with van der Waals surface area (Å²) in [6, 6.07) is 2.27. The maximum absolute atomic E-state index is 13.7. The van der Waals surface area contributed by atoms with Crippen LogP contribution in [-0.4, -0.2) is 34.9 Å². The predicted octanol–water partition coefficient (Wildman–Crippen LogP) is 8.24. The van der Waals surface area contributed by atoms with Crippen molar-refractivity contribution in [3.05, 3.63) is 11.3 Å². The number of allylic oxidation sites excluding steroid dienone is 2. The summed E-state index contributed by atoms with van der Waals surface area (Å²) >= 11 is 0. The molecule has 4 aliphatic rings. The Morgan fingerprint density at radius 1 is 1.02 bits per heavy atom. The lowest BCUT2D eigenvalue weighted by Crippen LogP contribution is -2.63. The molecule has 4 rings (SSSR count). The Morgan fingerprint density at radius 2 is 1.67 bits per heavy atom. The van der Waals surface area contributed by atoms with Crippen LogP contribution in [0.4, 0.5) is 13.2 Å². The number of aliphatic hydroxyl groups excluding tert-OH is 2. The Labute approximate surface area is 250 Å². The Hall–Kier alpha value is -1.75. The third-order valence-corrected chi connectivity index (χ3v) is 13.4. The van der Waals surface area contributed by atoms with E-state index in [9.17, 15) is 33.4 Å². The first-order valence-electron chi connectivity index (χ1n) is 15.9. The lowest BCUT2D eigenvalue weighted by Gasteiger charge is -2.68. The summed E-state index contributed by atoms with van der Waals surface area (Å²) in [5.74, 6) is -0.140. The van der Waals surface area contributed by atoms with Gasteiger partial charge in [0.1, 0.15) is 12.3 Å². The summed E-state index contributed by atoms with van der Waals surface area (Å²) in [5, 5.41) is 34.6. The number of alkyl halides is 3. The van der Waals surface area contributed by atoms with Gasteiger partial charge in [-0.25, -0.2) is 0 Å². The number of carbonyl (C=O) groups is 1. The number of hydrogen-bond acceptors (Lipinski definition) is 4. The first-order valence-corrected chi connectivity index (χ1v) is 15.9. The van der Waals surface area contributed by atoms with Crippen LogP contribution in [0.5, 0.6) is 0 Å². The summed E-state index contributed by atoms with van der Waals surface area (Å²) in [6.07, 6.45) is 1.65. The molecule has 8 heteroatoms. The Kier molecular flexibility index (Phi) is 8.22. The molecule has 42 heavy (non-hydrogen) atoms. The van der Waals surface area contributed by atoms with E-state index < -0.39 is 35.6 Å². The van der Waals surface area contributed by atoms with Gasteiger partial charge in [0.05, 0.1) is 23.2 Å². The molecular weight excluding hydrogens is 541 g/mol. The van der Waals surface area contributed by atoms with Crippen LogP contribution in [-0.2, 0) is 4.79 Å². The van der Waals surface area contributed by atoms with Gasteiger partial charge < -0.3 is 15.5 Å². The predicted molar refractivity (Wildman–Crippen MR) is 157 cm³/mol. The molecule has 3 N–H and O–H groups in total. The van der Waals surface area contributed by atoms with Crippen molar-refractivity contribution in [2.75, 3.05) is 6.54 Å². The highest BCUT2D eigenvalue weighted by Gasteiger charge is 2.66. The molecule has 0 saturated heterocycles. The van der Waals surface area contributed by atoms with E-state index in [0.717, 1.165) is 25.7 Å². The van der Waals surface area contributed by atoms with Crippen molar-refractivity contribution in [2.24, 2.45) is 50.2 Å². The van der Waals surface area contributed by atoms with Crippen LogP contribution in [0, 0.1) is 61.6 Å². The molecule has 3 fully saturated rings. The zero-order valence-electron chi connectivity index (χ0n) is 27.0. The second-order valence-electron chi connectivity index (χ2n) is 16.8. The first kappa shape index (κ1) is 33.1. The molecule has 0 heterocycles. The van der Waals surface area contributed by atoms with E-state index in [1.807, 2.05) is 20.8 Å². The van der Waals surface area contributed by atoms with Crippen LogP contribution in [0.15, 0.2) is 11.3 Å². The number of nitriles is 1. The average Bonchev–Trinajstić information content (AvgIpc) is 2.85. The van der Waals surface area contributed by atoms with Crippen molar-refractivity contribution in [3.8, 4) is 6.07 Å². The van der Waals surface area contributed by atoms with Crippen molar-refractivity contribution >= 4 is 5.91 Å². The Balaban J connectivity index is 1.69. The molecule has 0 bridgehead atoms. The van der Waals surface area contributed by atoms with Gasteiger partial charge in [-0.3, -0.25) is 4.79 Å². The van der Waals surface area contributed by atoms with Crippen molar-refractivity contribution in [1.29, 1.82) is 5.26 Å². The zero-order valence-corrected chi connectivity index (χ0v) is 27.0. The molecule has 238 valence electrons. The van der Waals surface area contributed by atoms with Crippen molar-refractivity contribution in [2.45, 2.75) is 132 Å². The van der Waals surface area contributed by atoms with Gasteiger partial charge in [0.15, 0.2) is 0 Å². The number of carbonyl (C=O) groups excluding carboxylic acids is 1. The number of halogens is 3. The third kappa shape index (κ3) is 5.28. The second-order valence-corrected chi connectivity index (χ2v) is 16.8. The number of hydrogen-bond donors (Lipinski definition) is 3. The molecule has 8 atom stereocenters. The van der Waals surface area contributed by atoms with E-state index in [1.165, 1.54) is 0 Å². The number of amides is 1. The molecule has 0 aromatic rings. The van der Waals surface area contributed by atoms with E-state index >= 15 is 0 Å². The monoisotopic (exact) mass is 594 g/mol. The quantitative estimate of drug-likeness (QED) is 0.299. The fourth-order valence-electron chi connectivity index (χ4n) is 10.8. The summed E-state index contributed by atoms with van der Waals surface area (Å²) in [6.45, 7) is 15.8. The highest BCUT2D eigenvalue weighted by atomic mass is 19.4. The van der Waals surface area contributed by atoms with Crippen molar-refractivity contribution in [1.82, 2.24) is 5.32 Å². The minimum Gasteiger partial charge on any atom is -0.511 e. The SMILES string of the molecule is C[C@@H]1CC(C)(C)CC[C@@]1(CC[C@]1(C)C[C@H](O)C[C@@H]2[C@@]3(C)CC(C#N)=C(O)C(C)(C)[C@@H]3CC[C@]21C)C(=O)NCC(F)(F)F. The number of nitrogens with zero attached hydrogens (tertiary/aromatic N) is 1. The third-order valence-electron chi connectivity index (χ3n) is 13.4. The summed E-state index contributed by atoms with van der Waals surface area (Å²) in [7, 11) is 0. The topological polar surface area (TPSA) is 93.3 Å². The Bertz CT molecular complexity index is 1160. The fraction of sp³-hybridized carbons (Fsp3) is 0.882. The largest absolute Gasteiger partial charge is 0.511 e. The highest BCUT2D eigenvalue weighted by molar-refractivity contribution is 5.83. The maximum Gasteiger partial charge on any atom is 0.405 e. The zero-order chi connectivity index (χ0) is 31.7. The van der Waals surface area contributed by atoms with E-state index in [0.29, 0.717) is 44.1 Å². The van der Waals surface area contributed by atoms with Gasteiger partial charge in [0, 0.05) is 5.41 Å². The van der Waals surface area contributed by atoms with Gasteiger partial charge in [-0.1, -0.05) is 55.4 Å². The van der Waals surface area contributed by atoms with Crippen LogP contribution in [0.3, 0.4) is 0 Å². The van der Waals surface area contributed by atoms with E-state index in [4.69, 9.17) is 0 Å². The fourth-order valence-corrected chi connectivity index (χ4v) is 10.8. The number of aliphatic hydroxyl groups is 2. The van der Waals surface area contributed by atoms with Gasteiger partial charge in [-0.2, -0.15) is 18.4 Å². The van der Waals surface area contributed by atoms with Gasteiger partial charge in [-0.05, 0) is 104 Å². The molecule has 0 unspecified atom stereocenters. The van der Waals surface area contributed by atoms with E-state index in [1.54, 1.807) is 0 Å². The standard InChI is InChI=1S/C34H53F3N2O3/c1-21-16-28(2,3)11-13-33(21,27(42)39-20-34(35,36)37)14-12-30(6)18-23(40)15-25-31(7)17-22(19-38)26(41)29(4,5)24(31)9-10-32(25,30)8/h21,23-25,40-41H,9-18,20H2,1-8H3,(H,39,42)/t21-,23-,24+,25-,30-,31+,32-,33+/m1/s1. The highest BCUT2D eigenvalue weighted by Crippen LogP contribution is 2.72. The molecule has 0 radical (unpaired) electrons. The molecule has 0 aromatic heterocycles. The number of fused-ring (bicyclic) bond motifs is 3. The average molecular weight is 595 g/mol. The minimum absolute atomic E-state index is 0.0213. The lowest BCUT2D eigenvalue weighted by atomic mass is 9.36. The van der Waals surface area contributed by atoms with Crippen LogP contribution in [0.2, 0.25) is 0 Å². The summed E-state index contributed by atoms with van der Waals surface area (Å²) in [5.41, 5.74) is -1.86. The van der Waals surface area contributed by atoms with E-state index in [2.05, 4.69) is 46.0 Å². The van der Waals surface area contributed by atoms with E-state index in [-0.39, 0.29) is 45.2 Å². The lowest BCUT2D eigenvalue weighted by molar-refractivity contribution is -0.203. The number of rotatable bonds is 5. The summed E-state index contributed by atoms with van der Waals surface area (Å²) < 4.78 is 39.5. The van der Waals surface area contributed by atoms with Gasteiger partial charge >= 0.3 is 6.18 Å². The van der Waals surface area contributed by atoms with Crippen LogP contribution in [0.25, 0.3) is 0 Å². The summed E-state index contributed by atoms with van der Waals surface area (Å²) in [4.78, 5) is 13.7.